The van der Waals surface area contributed by atoms with Crippen LogP contribution >= 0.6 is 11.6 Å². The van der Waals surface area contributed by atoms with Crippen molar-refractivity contribution in [3.05, 3.63) is 76.2 Å². The fraction of sp³-hybridized carbons (Fsp3) is 0.200. The predicted molar refractivity (Wildman–Crippen MR) is 131 cm³/mol. The molecule has 0 aliphatic carbocycles. The molecule has 180 valence electrons. The minimum Gasteiger partial charge on any atom is -0.465 e. The van der Waals surface area contributed by atoms with Gasteiger partial charge in [0.2, 0.25) is 0 Å². The number of anilines is 1. The lowest BCUT2D eigenvalue weighted by Gasteiger charge is -2.09. The quantitative estimate of drug-likeness (QED) is 0.292. The van der Waals surface area contributed by atoms with E-state index in [0.717, 1.165) is 6.07 Å². The Bertz CT molecular complexity index is 1420. The molecule has 0 aliphatic rings. The topological polar surface area (TPSA) is 95.3 Å². The highest BCUT2D eigenvalue weighted by Crippen LogP contribution is 2.32. The summed E-state index contributed by atoms with van der Waals surface area (Å²) in [6, 6.07) is 10.7. The van der Waals surface area contributed by atoms with Gasteiger partial charge in [-0.25, -0.2) is 9.18 Å². The van der Waals surface area contributed by atoms with Crippen LogP contribution < -0.4 is 5.32 Å². The molecule has 4 aromatic rings. The van der Waals surface area contributed by atoms with Crippen molar-refractivity contribution in [2.45, 2.75) is 6.92 Å². The van der Waals surface area contributed by atoms with Gasteiger partial charge in [0.25, 0.3) is 5.91 Å². The van der Waals surface area contributed by atoms with E-state index in [9.17, 15) is 9.59 Å². The number of nitrogens with zero attached hydrogens (tertiary/aromatic N) is 3. The van der Waals surface area contributed by atoms with E-state index in [4.69, 9.17) is 16.3 Å². The van der Waals surface area contributed by atoms with Crippen molar-refractivity contribution in [1.29, 1.82) is 0 Å². The van der Waals surface area contributed by atoms with Crippen molar-refractivity contribution < 1.29 is 23.5 Å². The highest BCUT2D eigenvalue weighted by Gasteiger charge is 2.24. The van der Waals surface area contributed by atoms with Crippen molar-refractivity contribution >= 4 is 40.2 Å². The molecule has 2 aromatic heterocycles. The summed E-state index contributed by atoms with van der Waals surface area (Å²) < 4.78 is 26.0. The molecule has 0 saturated carbocycles. The second kappa shape index (κ2) is 10.2. The van der Waals surface area contributed by atoms with Gasteiger partial charge in [0, 0.05) is 19.2 Å². The lowest BCUT2D eigenvalue weighted by molar-refractivity contribution is 0.0600. The molecule has 0 spiro atoms. The highest BCUT2D eigenvalue weighted by molar-refractivity contribution is 6.34. The molecule has 0 bridgehead atoms. The fourth-order valence-electron chi connectivity index (χ4n) is 3.69. The first-order valence-corrected chi connectivity index (χ1v) is 11.0. The van der Waals surface area contributed by atoms with Crippen LogP contribution in [-0.4, -0.2) is 54.0 Å². The number of carbonyl (C=O) groups is 2. The molecule has 10 heteroatoms. The molecule has 8 nitrogen and oxygen atoms in total. The maximum atomic E-state index is 15.1. The van der Waals surface area contributed by atoms with Gasteiger partial charge in [0.05, 0.1) is 47.3 Å². The summed E-state index contributed by atoms with van der Waals surface area (Å²) in [5.41, 5.74) is 2.54. The number of nitrogens with one attached hydrogen (secondary N) is 1. The van der Waals surface area contributed by atoms with E-state index in [0.29, 0.717) is 35.4 Å². The number of hydrogen-bond donors (Lipinski definition) is 1. The Morgan fingerprint density at radius 3 is 2.66 bits per heavy atom. The van der Waals surface area contributed by atoms with Crippen LogP contribution in [0.2, 0.25) is 5.02 Å². The average Bonchev–Trinajstić information content (AvgIpc) is 3.22. The fourth-order valence-corrected chi connectivity index (χ4v) is 3.99. The van der Waals surface area contributed by atoms with Gasteiger partial charge < -0.3 is 14.8 Å². The number of halogens is 2. The zero-order valence-corrected chi connectivity index (χ0v) is 20.0. The van der Waals surface area contributed by atoms with Gasteiger partial charge in [-0.1, -0.05) is 23.7 Å². The number of methoxy groups -OCH3 is 2. The van der Waals surface area contributed by atoms with Gasteiger partial charge in [0.15, 0.2) is 0 Å². The normalized spacial score (nSPS) is 11.0. The number of benzene rings is 2. The van der Waals surface area contributed by atoms with Crippen LogP contribution in [0, 0.1) is 12.7 Å². The van der Waals surface area contributed by atoms with Gasteiger partial charge in [-0.2, -0.15) is 9.78 Å². The van der Waals surface area contributed by atoms with Gasteiger partial charge in [-0.3, -0.25) is 9.78 Å². The van der Waals surface area contributed by atoms with Gasteiger partial charge in [-0.15, -0.1) is 0 Å². The van der Waals surface area contributed by atoms with Crippen LogP contribution in [0.3, 0.4) is 0 Å². The summed E-state index contributed by atoms with van der Waals surface area (Å²) in [4.78, 5) is 29.8. The zero-order chi connectivity index (χ0) is 25.1. The lowest BCUT2D eigenvalue weighted by Crippen LogP contribution is -2.16. The number of esters is 1. The Labute approximate surface area is 205 Å². The monoisotopic (exact) mass is 496 g/mol. The molecule has 0 radical (unpaired) electrons. The minimum atomic E-state index is -0.704. The van der Waals surface area contributed by atoms with Crippen molar-refractivity contribution in [2.24, 2.45) is 0 Å². The largest absolute Gasteiger partial charge is 0.465 e. The molecule has 0 atom stereocenters. The van der Waals surface area contributed by atoms with E-state index in [1.54, 1.807) is 44.5 Å². The number of fused-ring (bicyclic) bond motifs is 1. The molecule has 0 fully saturated rings. The third-order valence-electron chi connectivity index (χ3n) is 5.43. The zero-order valence-electron chi connectivity index (χ0n) is 19.3. The number of hydrogen-bond acceptors (Lipinski definition) is 7. The number of aryl methyl sites for hydroxylation is 1. The molecule has 0 saturated heterocycles. The van der Waals surface area contributed by atoms with Crippen LogP contribution in [0.15, 0.2) is 48.7 Å². The van der Waals surface area contributed by atoms with Crippen LogP contribution in [0.25, 0.3) is 22.3 Å². The number of aromatic nitrogens is 3. The molecule has 2 aromatic carbocycles. The maximum Gasteiger partial charge on any atom is 0.337 e. The Hall–Kier alpha value is -3.82. The summed E-state index contributed by atoms with van der Waals surface area (Å²) in [6.07, 6.45) is 1.57. The van der Waals surface area contributed by atoms with E-state index >= 15 is 4.39 Å². The van der Waals surface area contributed by atoms with E-state index in [2.05, 4.69) is 20.1 Å². The van der Waals surface area contributed by atoms with Crippen molar-refractivity contribution in [3.8, 4) is 11.3 Å². The Morgan fingerprint density at radius 1 is 1.17 bits per heavy atom. The van der Waals surface area contributed by atoms with Crippen LogP contribution in [0.5, 0.6) is 0 Å². The molecule has 2 heterocycles. The summed E-state index contributed by atoms with van der Waals surface area (Å²) in [5, 5.41) is 7.88. The van der Waals surface area contributed by atoms with Crippen LogP contribution in [-0.2, 0) is 9.47 Å². The van der Waals surface area contributed by atoms with E-state index in [-0.39, 0.29) is 27.4 Å². The third-order valence-corrected chi connectivity index (χ3v) is 5.74. The van der Waals surface area contributed by atoms with Crippen LogP contribution in [0.1, 0.15) is 26.3 Å². The van der Waals surface area contributed by atoms with Crippen molar-refractivity contribution in [3.63, 3.8) is 0 Å². The average molecular weight is 497 g/mol. The first kappa shape index (κ1) is 24.3. The van der Waals surface area contributed by atoms with Gasteiger partial charge >= 0.3 is 5.97 Å². The second-order valence-corrected chi connectivity index (χ2v) is 8.10. The number of ether oxygens (including phenoxy) is 2. The van der Waals surface area contributed by atoms with Gasteiger partial charge in [0.1, 0.15) is 17.0 Å². The summed E-state index contributed by atoms with van der Waals surface area (Å²) in [6.45, 7) is 2.76. The first-order valence-electron chi connectivity index (χ1n) is 10.6. The third kappa shape index (κ3) is 4.73. The molecular formula is C25H22ClFN4O4. The van der Waals surface area contributed by atoms with E-state index < -0.39 is 17.7 Å². The summed E-state index contributed by atoms with van der Waals surface area (Å²) in [7, 11) is 2.81. The molecule has 4 rings (SSSR count). The van der Waals surface area contributed by atoms with Crippen molar-refractivity contribution in [1.82, 2.24) is 14.8 Å². The van der Waals surface area contributed by atoms with Crippen molar-refractivity contribution in [2.75, 3.05) is 32.7 Å². The molecule has 1 N–H and O–H groups in total. The molecule has 0 aliphatic heterocycles. The minimum absolute atomic E-state index is 0.0536. The number of rotatable bonds is 7. The Balaban J connectivity index is 1.90. The smallest absolute Gasteiger partial charge is 0.337 e. The number of carbonyl (C=O) groups excluding carboxylic acids is 2. The van der Waals surface area contributed by atoms with Gasteiger partial charge in [-0.05, 0) is 42.8 Å². The number of pyridine rings is 1. The highest BCUT2D eigenvalue weighted by atomic mass is 35.5. The maximum absolute atomic E-state index is 15.1. The molecule has 0 unspecified atom stereocenters. The van der Waals surface area contributed by atoms with E-state index in [1.807, 2.05) is 0 Å². The van der Waals surface area contributed by atoms with E-state index in [1.165, 1.54) is 23.9 Å². The Kier molecular flexibility index (Phi) is 7.09. The standard InChI is InChI=1S/C25H22ClFN4O4/c1-14-5-4-6-18(26)21(14)24(32)31-20-12-16(28-9-10-34-2)13-29-23(20)22(30-31)17-8-7-15(11-19(17)27)25(33)35-3/h4-8,11-13,28H,9-10H2,1-3H3. The SMILES string of the molecule is COCCNc1cnc2c(-c3ccc(C(=O)OC)cc3F)nn(C(=O)c3c(C)cccc3Cl)c2c1. The lowest BCUT2D eigenvalue weighted by atomic mass is 10.1. The molecule has 35 heavy (non-hydrogen) atoms. The Morgan fingerprint density at radius 2 is 1.97 bits per heavy atom. The summed E-state index contributed by atoms with van der Waals surface area (Å²) >= 11 is 6.34. The predicted octanol–water partition coefficient (Wildman–Crippen LogP) is 4.73. The van der Waals surface area contributed by atoms with Crippen LogP contribution in [0.4, 0.5) is 10.1 Å². The molecular weight excluding hydrogens is 475 g/mol. The second-order valence-electron chi connectivity index (χ2n) is 7.69. The summed E-state index contributed by atoms with van der Waals surface area (Å²) in [5.74, 6) is -1.85. The molecule has 0 amide bonds. The first-order chi connectivity index (χ1) is 16.8.